The summed E-state index contributed by atoms with van der Waals surface area (Å²) in [5.74, 6) is -1.96. The molecule has 1 aromatic carbocycles. The van der Waals surface area contributed by atoms with Gasteiger partial charge in [-0.25, -0.2) is 8.78 Å². The van der Waals surface area contributed by atoms with Crippen LogP contribution >= 0.6 is 11.6 Å². The van der Waals surface area contributed by atoms with Crippen molar-refractivity contribution in [1.29, 1.82) is 5.26 Å². The summed E-state index contributed by atoms with van der Waals surface area (Å²) in [6, 6.07) is 7.38. The van der Waals surface area contributed by atoms with Gasteiger partial charge in [-0.05, 0) is 12.5 Å². The smallest absolute Gasteiger partial charge is 0.212 e. The molecule has 0 aliphatic carbocycles. The number of pyridine rings is 1. The van der Waals surface area contributed by atoms with Gasteiger partial charge in [-0.3, -0.25) is 4.79 Å². The van der Waals surface area contributed by atoms with E-state index < -0.39 is 22.8 Å². The van der Waals surface area contributed by atoms with Crippen molar-refractivity contribution in [2.24, 2.45) is 0 Å². The molecule has 0 aliphatic heterocycles. The number of hydrogen-bond acceptors (Lipinski definition) is 3. The molecule has 0 atom stereocenters. The zero-order valence-corrected chi connectivity index (χ0v) is 15.7. The van der Waals surface area contributed by atoms with Gasteiger partial charge in [0.2, 0.25) is 5.56 Å². The number of nitriles is 1. The average molecular weight is 413 g/mol. The first-order valence-corrected chi connectivity index (χ1v) is 6.67. The van der Waals surface area contributed by atoms with Crippen LogP contribution in [0.15, 0.2) is 23.0 Å². The summed E-state index contributed by atoms with van der Waals surface area (Å²) in [4.78, 5) is 11.9. The van der Waals surface area contributed by atoms with Gasteiger partial charge in [0.15, 0.2) is 6.61 Å². The van der Waals surface area contributed by atoms with Gasteiger partial charge < -0.3 is 9.30 Å². The zero-order valence-electron chi connectivity index (χ0n) is 12.1. The molecule has 4 nitrogen and oxygen atoms in total. The number of aromatic nitrogens is 1. The van der Waals surface area contributed by atoms with Crippen LogP contribution < -0.4 is 10.3 Å². The summed E-state index contributed by atoms with van der Waals surface area (Å²) < 4.78 is 34.4. The molecule has 8 heteroatoms. The van der Waals surface area contributed by atoms with Crippen molar-refractivity contribution in [2.45, 2.75) is 13.5 Å². The molecule has 1 radical (unpaired) electrons. The molecule has 1 aromatic heterocycles. The molecule has 1 heterocycles. The van der Waals surface area contributed by atoms with Crippen LogP contribution in [0.2, 0.25) is 5.02 Å². The molecule has 0 aliphatic rings. The van der Waals surface area contributed by atoms with Crippen LogP contribution in [0.1, 0.15) is 6.92 Å². The van der Waals surface area contributed by atoms with E-state index in [0.717, 1.165) is 16.7 Å². The number of benzene rings is 1. The quantitative estimate of drug-likeness (QED) is 0.725. The van der Waals surface area contributed by atoms with Crippen molar-refractivity contribution in [2.75, 3.05) is 6.61 Å². The summed E-state index contributed by atoms with van der Waals surface area (Å²) in [7, 11) is 0. The first kappa shape index (κ1) is 19.8. The van der Waals surface area contributed by atoms with Crippen molar-refractivity contribution in [3.8, 4) is 23.1 Å². The molecule has 2 aromatic rings. The predicted molar refractivity (Wildman–Crippen MR) is 76.7 cm³/mol. The van der Waals surface area contributed by atoms with E-state index in [0.29, 0.717) is 0 Å². The first-order chi connectivity index (χ1) is 10.5. The van der Waals surface area contributed by atoms with Crippen LogP contribution in [0.4, 0.5) is 8.78 Å². The van der Waals surface area contributed by atoms with E-state index in [9.17, 15) is 13.6 Å². The maximum atomic E-state index is 14.2. The van der Waals surface area contributed by atoms with Crippen LogP contribution in [0.3, 0.4) is 0 Å². The van der Waals surface area contributed by atoms with Crippen LogP contribution in [-0.2, 0) is 39.3 Å². The minimum Gasteiger partial charge on any atom is -0.479 e. The third kappa shape index (κ3) is 4.17. The monoisotopic (exact) mass is 412 g/mol. The van der Waals surface area contributed by atoms with Crippen LogP contribution in [-0.4, -0.2) is 11.2 Å². The van der Waals surface area contributed by atoms with Gasteiger partial charge in [-0.2, -0.15) is 29.0 Å². The van der Waals surface area contributed by atoms with Crippen molar-refractivity contribution in [3.05, 3.63) is 51.3 Å². The van der Waals surface area contributed by atoms with Gasteiger partial charge in [0, 0.05) is 56.4 Å². The fourth-order valence-electron chi connectivity index (χ4n) is 1.99. The second-order valence-corrected chi connectivity index (χ2v) is 4.65. The molecule has 2 rings (SSSR count). The third-order valence-electron chi connectivity index (χ3n) is 2.93. The molecule has 0 saturated heterocycles. The second kappa shape index (κ2) is 8.53. The molecule has 0 N–H and O–H groups in total. The molecular formula is C15H10ClF2N2O2Y-. The maximum absolute atomic E-state index is 14.2. The predicted octanol–water partition coefficient (Wildman–Crippen LogP) is 3.17. The Labute approximate surface area is 161 Å². The fourth-order valence-corrected chi connectivity index (χ4v) is 2.14. The van der Waals surface area contributed by atoms with Crippen molar-refractivity contribution in [1.82, 2.24) is 4.57 Å². The summed E-state index contributed by atoms with van der Waals surface area (Å²) in [6.07, 6.45) is 0. The Kier molecular flexibility index (Phi) is 7.33. The van der Waals surface area contributed by atoms with E-state index in [1.807, 2.05) is 0 Å². The molecule has 0 fully saturated rings. The summed E-state index contributed by atoms with van der Waals surface area (Å²) in [5, 5.41) is 8.32. The van der Waals surface area contributed by atoms with E-state index in [2.05, 4.69) is 6.07 Å². The normalized spacial score (nSPS) is 9.87. The minimum atomic E-state index is -0.923. The number of hydrogen-bond donors (Lipinski definition) is 0. The van der Waals surface area contributed by atoms with Gasteiger partial charge in [0.25, 0.3) is 0 Å². The largest absolute Gasteiger partial charge is 0.479 e. The Hall–Kier alpha value is -1.29. The number of halogens is 3. The Bertz CT molecular complexity index is 795. The van der Waals surface area contributed by atoms with Crippen molar-refractivity contribution in [3.63, 3.8) is 0 Å². The summed E-state index contributed by atoms with van der Waals surface area (Å²) in [5.41, 5.74) is -1.000. The summed E-state index contributed by atoms with van der Waals surface area (Å²) >= 11 is 5.71. The fraction of sp³-hybridized carbons (Fsp3) is 0.200. The van der Waals surface area contributed by atoms with E-state index in [-0.39, 0.29) is 62.3 Å². The van der Waals surface area contributed by atoms with E-state index in [1.165, 1.54) is 6.07 Å². The van der Waals surface area contributed by atoms with E-state index >= 15 is 0 Å². The average Bonchev–Trinajstić information content (AvgIpc) is 2.48. The van der Waals surface area contributed by atoms with Gasteiger partial charge in [-0.1, -0.05) is 5.69 Å². The second-order valence-electron chi connectivity index (χ2n) is 4.24. The Morgan fingerprint density at radius 3 is 2.52 bits per heavy atom. The van der Waals surface area contributed by atoms with E-state index in [4.69, 9.17) is 21.6 Å². The molecule has 23 heavy (non-hydrogen) atoms. The molecule has 0 amide bonds. The molecule has 0 unspecified atom stereocenters. The molecule has 117 valence electrons. The van der Waals surface area contributed by atoms with Crippen LogP contribution in [0.5, 0.6) is 5.75 Å². The molecular weight excluding hydrogens is 403 g/mol. The minimum absolute atomic E-state index is 0. The number of rotatable bonds is 4. The first-order valence-electron chi connectivity index (χ1n) is 6.29. The Morgan fingerprint density at radius 1 is 1.39 bits per heavy atom. The van der Waals surface area contributed by atoms with Gasteiger partial charge in [0.05, 0.1) is 11.6 Å². The van der Waals surface area contributed by atoms with Crippen molar-refractivity contribution < 1.29 is 46.2 Å². The van der Waals surface area contributed by atoms with Gasteiger partial charge >= 0.3 is 0 Å². The Morgan fingerprint density at radius 2 is 2.00 bits per heavy atom. The molecule has 0 saturated carbocycles. The standard InChI is InChI=1S/C15H10ClF2N2O2.Y/c1-2-20-13(4-3-10(16)15(20)21)14-11(17)7-9(8-12(14)18)22-6-5-19;/h3,7-8H,2,6H2,1H3;/q-1;. The third-order valence-corrected chi connectivity index (χ3v) is 3.20. The zero-order chi connectivity index (χ0) is 16.3. The number of nitrogens with zero attached hydrogens (tertiary/aromatic N) is 2. The SMILES string of the molecule is CCn1c(-c2c(F)cc(OCC#N)cc2F)[c-]cc(Cl)c1=O.[Y]. The van der Waals surface area contributed by atoms with Gasteiger partial charge in [0.1, 0.15) is 11.8 Å². The topological polar surface area (TPSA) is 55.0 Å². The van der Waals surface area contributed by atoms with Crippen molar-refractivity contribution >= 4 is 11.6 Å². The Balaban J connectivity index is 0.00000264. The van der Waals surface area contributed by atoms with E-state index in [1.54, 1.807) is 13.0 Å². The molecule has 0 spiro atoms. The van der Waals surface area contributed by atoms with Crippen LogP contribution in [0, 0.1) is 29.0 Å². The van der Waals surface area contributed by atoms with Crippen LogP contribution in [0.25, 0.3) is 11.3 Å². The number of ether oxygens (including phenoxy) is 1. The van der Waals surface area contributed by atoms with Gasteiger partial charge in [-0.15, -0.1) is 0 Å². The maximum Gasteiger partial charge on any atom is 0.212 e. The summed E-state index contributed by atoms with van der Waals surface area (Å²) in [6.45, 7) is 1.50. The molecule has 0 bridgehead atoms.